The summed E-state index contributed by atoms with van der Waals surface area (Å²) in [5, 5.41) is 9.13. The Morgan fingerprint density at radius 3 is 2.36 bits per heavy atom. The zero-order valence-electron chi connectivity index (χ0n) is 17.8. The number of hydrogen-bond acceptors (Lipinski definition) is 3. The molecule has 2 unspecified atom stereocenters. The van der Waals surface area contributed by atoms with Gasteiger partial charge < -0.3 is 10.0 Å². The molecule has 4 nitrogen and oxygen atoms in total. The first-order valence-electron chi connectivity index (χ1n) is 11.1. The predicted octanol–water partition coefficient (Wildman–Crippen LogP) is 4.85. The topological polar surface area (TPSA) is 57.6 Å². The van der Waals surface area contributed by atoms with Crippen molar-refractivity contribution >= 4 is 11.7 Å². The molecule has 1 amide bonds. The number of aliphatic hydroxyl groups excluding tert-OH is 1. The number of hydrogen-bond donors (Lipinski definition) is 1. The van der Waals surface area contributed by atoms with Gasteiger partial charge in [-0.15, -0.1) is 0 Å². The molecule has 3 atom stereocenters. The monoisotopic (exact) mass is 433 g/mol. The maximum atomic E-state index is 11.9. The average molecular weight is 433 g/mol. The zero-order valence-corrected chi connectivity index (χ0v) is 18.9. The van der Waals surface area contributed by atoms with Gasteiger partial charge in [0.15, 0.2) is 5.78 Å². The summed E-state index contributed by atoms with van der Waals surface area (Å²) < 4.78 is 0. The van der Waals surface area contributed by atoms with E-state index in [0.717, 1.165) is 37.6 Å². The van der Waals surface area contributed by atoms with Crippen molar-refractivity contribution in [2.45, 2.75) is 90.9 Å². The maximum absolute atomic E-state index is 11.9. The van der Waals surface area contributed by atoms with Crippen LogP contribution in [-0.4, -0.2) is 34.8 Å². The van der Waals surface area contributed by atoms with Crippen LogP contribution in [0.15, 0.2) is 11.8 Å². The number of carbonyl (C=O) groups excluding carboxylic acids is 2. The summed E-state index contributed by atoms with van der Waals surface area (Å²) >= 11 is 0. The van der Waals surface area contributed by atoms with E-state index in [2.05, 4.69) is 6.92 Å². The van der Waals surface area contributed by atoms with Gasteiger partial charge in [-0.3, -0.25) is 9.59 Å². The van der Waals surface area contributed by atoms with Crippen LogP contribution in [0.3, 0.4) is 0 Å². The van der Waals surface area contributed by atoms with Gasteiger partial charge in [-0.2, -0.15) is 0 Å². The molecule has 1 aliphatic heterocycles. The van der Waals surface area contributed by atoms with Gasteiger partial charge in [0.05, 0.1) is 6.42 Å². The number of carbonyl (C=O) groups is 2. The Labute approximate surface area is 182 Å². The Balaban J connectivity index is 0.000000567. The van der Waals surface area contributed by atoms with E-state index in [9.17, 15) is 9.59 Å². The molecule has 162 valence electrons. The number of aliphatic hydroxyl groups is 1. The number of Topliss-reactive ketones (excluding diaryl/α,β-unsaturated/α-hetero) is 1. The van der Waals surface area contributed by atoms with E-state index in [1.807, 2.05) is 0 Å². The molecule has 3 rings (SSSR count). The summed E-state index contributed by atoms with van der Waals surface area (Å²) in [4.78, 5) is 25.1. The Bertz CT molecular complexity index is 508. The second-order valence-corrected chi connectivity index (χ2v) is 8.75. The van der Waals surface area contributed by atoms with Crippen LogP contribution in [0.25, 0.3) is 0 Å². The standard InChI is InChI=1S/C18H29NO3.C5H10.Fe/c1-13(8-10-20)16-7-3-5-15(16)6-4-9-19-12-14(2)17(21)11-18(19)22;1-2-4-5-3-1;/h12-13,15-16,20H,3-11H2,1-2H3;1-5H2;/t13-,15?,16?;;/m0../s1. The van der Waals surface area contributed by atoms with E-state index in [-0.39, 0.29) is 41.8 Å². The van der Waals surface area contributed by atoms with Crippen LogP contribution in [0.4, 0.5) is 0 Å². The van der Waals surface area contributed by atoms with Gasteiger partial charge in [-0.25, -0.2) is 0 Å². The number of ketones is 1. The third-order valence-corrected chi connectivity index (χ3v) is 6.68. The molecule has 0 aromatic heterocycles. The van der Waals surface area contributed by atoms with Gasteiger partial charge in [0.25, 0.3) is 0 Å². The van der Waals surface area contributed by atoms with Crippen molar-refractivity contribution in [3.05, 3.63) is 11.8 Å². The molecule has 1 heterocycles. The summed E-state index contributed by atoms with van der Waals surface area (Å²) in [6, 6.07) is 0. The van der Waals surface area contributed by atoms with Crippen LogP contribution in [0.2, 0.25) is 0 Å². The zero-order chi connectivity index (χ0) is 19.6. The minimum atomic E-state index is -0.0628. The Morgan fingerprint density at radius 2 is 1.75 bits per heavy atom. The fourth-order valence-electron chi connectivity index (χ4n) is 4.94. The Hall–Kier alpha value is -0.641. The molecule has 2 saturated carbocycles. The van der Waals surface area contributed by atoms with Crippen LogP contribution in [-0.2, 0) is 26.7 Å². The molecule has 0 aromatic carbocycles. The molecule has 1 N–H and O–H groups in total. The average Bonchev–Trinajstić information content (AvgIpc) is 3.34. The number of amides is 1. The molecular formula is C23H39FeNO3. The fraction of sp³-hybridized carbons (Fsp3) is 0.826. The Morgan fingerprint density at radius 1 is 1.11 bits per heavy atom. The first-order valence-corrected chi connectivity index (χ1v) is 11.1. The van der Waals surface area contributed by atoms with Crippen molar-refractivity contribution in [1.82, 2.24) is 4.90 Å². The van der Waals surface area contributed by atoms with Crippen LogP contribution in [0, 0.1) is 17.8 Å². The SMILES string of the molecule is C1CCCC1.CC1=CN(CCCC2CCCC2[C@@H](C)CCO)C(=O)CC1=O.[Fe]. The molecule has 28 heavy (non-hydrogen) atoms. The summed E-state index contributed by atoms with van der Waals surface area (Å²) in [7, 11) is 0. The van der Waals surface area contributed by atoms with E-state index in [4.69, 9.17) is 5.11 Å². The normalized spacial score (nSPS) is 25.7. The second-order valence-electron chi connectivity index (χ2n) is 8.75. The van der Waals surface area contributed by atoms with E-state index in [0.29, 0.717) is 11.5 Å². The maximum Gasteiger partial charge on any atom is 0.234 e. The van der Waals surface area contributed by atoms with E-state index >= 15 is 0 Å². The molecule has 5 heteroatoms. The van der Waals surface area contributed by atoms with Gasteiger partial charge in [0.1, 0.15) is 0 Å². The quantitative estimate of drug-likeness (QED) is 0.461. The summed E-state index contributed by atoms with van der Waals surface area (Å²) in [6.07, 6.45) is 16.1. The molecule has 2 fully saturated rings. The van der Waals surface area contributed by atoms with Crippen LogP contribution in [0.1, 0.15) is 90.9 Å². The van der Waals surface area contributed by atoms with Gasteiger partial charge in [0, 0.05) is 42.0 Å². The number of rotatable bonds is 7. The van der Waals surface area contributed by atoms with Crippen molar-refractivity contribution in [2.75, 3.05) is 13.2 Å². The van der Waals surface area contributed by atoms with E-state index < -0.39 is 0 Å². The van der Waals surface area contributed by atoms with Crippen LogP contribution >= 0.6 is 0 Å². The molecule has 0 spiro atoms. The summed E-state index contributed by atoms with van der Waals surface area (Å²) in [6.45, 7) is 5.04. The molecule has 3 aliphatic rings. The van der Waals surface area contributed by atoms with Gasteiger partial charge in [-0.1, -0.05) is 51.9 Å². The van der Waals surface area contributed by atoms with Crippen molar-refractivity contribution < 1.29 is 31.8 Å². The predicted molar refractivity (Wildman–Crippen MR) is 109 cm³/mol. The third kappa shape index (κ3) is 8.00. The van der Waals surface area contributed by atoms with Crippen molar-refractivity contribution in [3.8, 4) is 0 Å². The van der Waals surface area contributed by atoms with Gasteiger partial charge >= 0.3 is 0 Å². The summed E-state index contributed by atoms with van der Waals surface area (Å²) in [5.41, 5.74) is 0.690. The van der Waals surface area contributed by atoms with Crippen molar-refractivity contribution in [2.24, 2.45) is 17.8 Å². The number of nitrogens with zero attached hydrogens (tertiary/aromatic N) is 1. The molecule has 0 radical (unpaired) electrons. The largest absolute Gasteiger partial charge is 0.396 e. The third-order valence-electron chi connectivity index (χ3n) is 6.68. The van der Waals surface area contributed by atoms with E-state index in [1.54, 1.807) is 18.0 Å². The molecule has 0 aromatic rings. The van der Waals surface area contributed by atoms with E-state index in [1.165, 1.54) is 51.4 Å². The van der Waals surface area contributed by atoms with Gasteiger partial charge in [-0.05, 0) is 50.4 Å². The van der Waals surface area contributed by atoms with Gasteiger partial charge in [0.2, 0.25) is 5.91 Å². The molecule has 0 bridgehead atoms. The van der Waals surface area contributed by atoms with Crippen molar-refractivity contribution in [1.29, 1.82) is 0 Å². The first-order chi connectivity index (χ1) is 13.0. The molecule has 2 aliphatic carbocycles. The first kappa shape index (κ1) is 25.4. The van der Waals surface area contributed by atoms with Crippen LogP contribution in [0.5, 0.6) is 0 Å². The van der Waals surface area contributed by atoms with Crippen LogP contribution < -0.4 is 0 Å². The molecule has 0 saturated heterocycles. The minimum Gasteiger partial charge on any atom is -0.396 e. The number of allylic oxidation sites excluding steroid dienone is 1. The molecular weight excluding hydrogens is 394 g/mol. The fourth-order valence-corrected chi connectivity index (χ4v) is 4.94. The summed E-state index contributed by atoms with van der Waals surface area (Å²) in [5.74, 6) is 1.94. The smallest absolute Gasteiger partial charge is 0.234 e. The minimum absolute atomic E-state index is 0. The van der Waals surface area contributed by atoms with Crippen molar-refractivity contribution in [3.63, 3.8) is 0 Å². The second kappa shape index (κ2) is 13.6. The Kier molecular flexibility index (Phi) is 12.3.